The molecule has 2 aliphatic rings. The summed E-state index contributed by atoms with van der Waals surface area (Å²) < 4.78 is 0. The molecule has 2 rings (SSSR count). The van der Waals surface area contributed by atoms with E-state index in [1.165, 1.54) is 24.6 Å². The molecular weight excluding hydrogens is 246 g/mol. The summed E-state index contributed by atoms with van der Waals surface area (Å²) in [5.74, 6) is 3.32. The predicted molar refractivity (Wildman–Crippen MR) is 77.0 cm³/mol. The molecule has 0 spiro atoms. The topological polar surface area (TPSA) is 44.4 Å². The molecule has 18 heavy (non-hydrogen) atoms. The lowest BCUT2D eigenvalue weighted by Gasteiger charge is -2.26. The minimum absolute atomic E-state index is 0.244. The van der Waals surface area contributed by atoms with E-state index in [9.17, 15) is 4.79 Å². The largest absolute Gasteiger partial charge is 0.355 e. The molecule has 0 aliphatic carbocycles. The number of rotatable bonds is 5. The van der Waals surface area contributed by atoms with Gasteiger partial charge in [0.2, 0.25) is 5.91 Å². The van der Waals surface area contributed by atoms with E-state index < -0.39 is 0 Å². The summed E-state index contributed by atoms with van der Waals surface area (Å²) >= 11 is 2.03. The van der Waals surface area contributed by atoms with Gasteiger partial charge >= 0.3 is 0 Å². The molecule has 1 amide bonds. The molecule has 0 radical (unpaired) electrons. The monoisotopic (exact) mass is 271 g/mol. The molecule has 2 aliphatic heterocycles. The molecule has 0 aromatic rings. The Hall–Kier alpha value is -0.260. The van der Waals surface area contributed by atoms with Crippen LogP contribution in [0.2, 0.25) is 0 Å². The van der Waals surface area contributed by atoms with E-state index in [0.717, 1.165) is 45.4 Å². The van der Waals surface area contributed by atoms with Crippen LogP contribution in [0.1, 0.15) is 19.3 Å². The fourth-order valence-corrected chi connectivity index (χ4v) is 3.58. The minimum atomic E-state index is 0.244. The van der Waals surface area contributed by atoms with Gasteiger partial charge in [-0.1, -0.05) is 0 Å². The zero-order chi connectivity index (χ0) is 12.6. The van der Waals surface area contributed by atoms with Crippen LogP contribution >= 0.6 is 11.8 Å². The molecule has 2 saturated heterocycles. The first-order valence-corrected chi connectivity index (χ1v) is 8.27. The van der Waals surface area contributed by atoms with Gasteiger partial charge in [-0.3, -0.25) is 9.69 Å². The summed E-state index contributed by atoms with van der Waals surface area (Å²) in [4.78, 5) is 14.2. The van der Waals surface area contributed by atoms with Gasteiger partial charge in [-0.15, -0.1) is 0 Å². The number of hydrogen-bond acceptors (Lipinski definition) is 4. The van der Waals surface area contributed by atoms with Crippen LogP contribution in [0.25, 0.3) is 0 Å². The third-order valence-electron chi connectivity index (χ3n) is 3.79. The Morgan fingerprint density at radius 1 is 1.28 bits per heavy atom. The molecule has 0 unspecified atom stereocenters. The highest BCUT2D eigenvalue weighted by molar-refractivity contribution is 7.99. The van der Waals surface area contributed by atoms with Crippen LogP contribution in [0.15, 0.2) is 0 Å². The lowest BCUT2D eigenvalue weighted by atomic mass is 9.94. The number of nitrogens with one attached hydrogen (secondary N) is 2. The first-order valence-electron chi connectivity index (χ1n) is 7.12. The average Bonchev–Trinajstić information content (AvgIpc) is 2.41. The van der Waals surface area contributed by atoms with Gasteiger partial charge in [-0.2, -0.15) is 11.8 Å². The van der Waals surface area contributed by atoms with Crippen LogP contribution in [0.5, 0.6) is 0 Å². The second-order valence-electron chi connectivity index (χ2n) is 5.20. The molecule has 5 heteroatoms. The number of carbonyl (C=O) groups is 1. The van der Waals surface area contributed by atoms with Crippen molar-refractivity contribution in [3.8, 4) is 0 Å². The normalized spacial score (nSPS) is 22.9. The van der Waals surface area contributed by atoms with Crippen LogP contribution in [0.4, 0.5) is 0 Å². The van der Waals surface area contributed by atoms with Crippen molar-refractivity contribution < 1.29 is 4.79 Å². The van der Waals surface area contributed by atoms with Gasteiger partial charge in [-0.05, 0) is 31.8 Å². The van der Waals surface area contributed by atoms with E-state index in [2.05, 4.69) is 15.5 Å². The number of nitrogens with zero attached hydrogens (tertiary/aromatic N) is 1. The maximum atomic E-state index is 11.8. The van der Waals surface area contributed by atoms with Crippen LogP contribution in [0, 0.1) is 5.92 Å². The highest BCUT2D eigenvalue weighted by atomic mass is 32.2. The molecular formula is C13H25N3OS. The Balaban J connectivity index is 1.53. The molecule has 0 aromatic heterocycles. The standard InChI is InChI=1S/C13H25N3OS/c17-13(11-12-1-3-14-4-2-12)15-5-6-16-7-9-18-10-8-16/h12,14H,1-11H2,(H,15,17). The van der Waals surface area contributed by atoms with Gasteiger partial charge < -0.3 is 10.6 Å². The SMILES string of the molecule is O=C(CC1CCNCC1)NCCN1CCSCC1. The van der Waals surface area contributed by atoms with Crippen molar-refractivity contribution in [3.05, 3.63) is 0 Å². The van der Waals surface area contributed by atoms with Crippen molar-refractivity contribution in [3.63, 3.8) is 0 Å². The average molecular weight is 271 g/mol. The summed E-state index contributed by atoms with van der Waals surface area (Å²) in [6, 6.07) is 0. The fourth-order valence-electron chi connectivity index (χ4n) is 2.60. The molecule has 0 saturated carbocycles. The number of piperidine rings is 1. The van der Waals surface area contributed by atoms with Crippen LogP contribution < -0.4 is 10.6 Å². The summed E-state index contributed by atoms with van der Waals surface area (Å²) in [7, 11) is 0. The Kier molecular flexibility index (Phi) is 6.31. The maximum Gasteiger partial charge on any atom is 0.220 e. The second kappa shape index (κ2) is 8.02. The molecule has 2 fully saturated rings. The Morgan fingerprint density at radius 2 is 2.00 bits per heavy atom. The molecule has 104 valence electrons. The number of thioether (sulfide) groups is 1. The number of hydrogen-bond donors (Lipinski definition) is 2. The van der Waals surface area contributed by atoms with Gasteiger partial charge in [0, 0.05) is 44.1 Å². The first-order chi connectivity index (χ1) is 8.84. The van der Waals surface area contributed by atoms with E-state index in [0.29, 0.717) is 5.92 Å². The summed E-state index contributed by atoms with van der Waals surface area (Å²) in [6.07, 6.45) is 3.02. The third-order valence-corrected chi connectivity index (χ3v) is 4.73. The lowest BCUT2D eigenvalue weighted by molar-refractivity contribution is -0.122. The molecule has 0 atom stereocenters. The van der Waals surface area contributed by atoms with Crippen molar-refractivity contribution in [1.82, 2.24) is 15.5 Å². The van der Waals surface area contributed by atoms with Gasteiger partial charge in [0.05, 0.1) is 0 Å². The predicted octanol–water partition coefficient (Wildman–Crippen LogP) is 0.541. The summed E-state index contributed by atoms with van der Waals surface area (Å²) in [5, 5.41) is 6.40. The van der Waals surface area contributed by atoms with Crippen molar-refractivity contribution in [2.75, 3.05) is 50.8 Å². The Bertz CT molecular complexity index is 251. The van der Waals surface area contributed by atoms with Gasteiger partial charge in [0.25, 0.3) is 0 Å². The Labute approximate surface area is 114 Å². The van der Waals surface area contributed by atoms with Crippen molar-refractivity contribution in [2.45, 2.75) is 19.3 Å². The molecule has 2 heterocycles. The van der Waals surface area contributed by atoms with Gasteiger partial charge in [-0.25, -0.2) is 0 Å². The molecule has 0 aromatic carbocycles. The van der Waals surface area contributed by atoms with Crippen LogP contribution in [-0.2, 0) is 4.79 Å². The number of carbonyl (C=O) groups excluding carboxylic acids is 1. The van der Waals surface area contributed by atoms with Crippen molar-refractivity contribution >= 4 is 17.7 Å². The summed E-state index contributed by atoms with van der Waals surface area (Å²) in [5.41, 5.74) is 0. The van der Waals surface area contributed by atoms with Crippen LogP contribution in [-0.4, -0.2) is 61.6 Å². The van der Waals surface area contributed by atoms with Crippen molar-refractivity contribution in [2.24, 2.45) is 5.92 Å². The lowest BCUT2D eigenvalue weighted by Crippen LogP contribution is -2.40. The zero-order valence-corrected chi connectivity index (χ0v) is 11.9. The third kappa shape index (κ3) is 5.16. The highest BCUT2D eigenvalue weighted by Crippen LogP contribution is 2.15. The van der Waals surface area contributed by atoms with E-state index in [1.54, 1.807) is 0 Å². The molecule has 4 nitrogen and oxygen atoms in total. The highest BCUT2D eigenvalue weighted by Gasteiger charge is 2.16. The summed E-state index contributed by atoms with van der Waals surface area (Å²) in [6.45, 7) is 6.32. The van der Waals surface area contributed by atoms with Gasteiger partial charge in [0.1, 0.15) is 0 Å². The maximum absolute atomic E-state index is 11.8. The first kappa shape index (κ1) is 14.2. The van der Waals surface area contributed by atoms with E-state index >= 15 is 0 Å². The molecule has 2 N–H and O–H groups in total. The Morgan fingerprint density at radius 3 is 2.72 bits per heavy atom. The minimum Gasteiger partial charge on any atom is -0.355 e. The quantitative estimate of drug-likeness (QED) is 0.766. The second-order valence-corrected chi connectivity index (χ2v) is 6.43. The molecule has 0 bridgehead atoms. The van der Waals surface area contributed by atoms with E-state index in [4.69, 9.17) is 0 Å². The van der Waals surface area contributed by atoms with E-state index in [1.807, 2.05) is 11.8 Å². The van der Waals surface area contributed by atoms with E-state index in [-0.39, 0.29) is 5.91 Å². The fraction of sp³-hybridized carbons (Fsp3) is 0.923. The van der Waals surface area contributed by atoms with Crippen molar-refractivity contribution in [1.29, 1.82) is 0 Å². The van der Waals surface area contributed by atoms with Gasteiger partial charge in [0.15, 0.2) is 0 Å². The zero-order valence-electron chi connectivity index (χ0n) is 11.1. The smallest absolute Gasteiger partial charge is 0.220 e. The van der Waals surface area contributed by atoms with Crippen LogP contribution in [0.3, 0.4) is 0 Å². The number of amides is 1.